The first-order valence-electron chi connectivity index (χ1n) is 6.16. The SMILES string of the molecule is Nc1cc(Cl)ccc1S(=O)(=O)NC1(CO)CCOCC1. The van der Waals surface area contributed by atoms with E-state index in [9.17, 15) is 13.5 Å². The number of rotatable bonds is 4. The number of sulfonamides is 1. The minimum atomic E-state index is -3.83. The van der Waals surface area contributed by atoms with Crippen LogP contribution >= 0.6 is 11.6 Å². The number of ether oxygens (including phenoxy) is 1. The topological polar surface area (TPSA) is 102 Å². The molecule has 6 nitrogen and oxygen atoms in total. The molecule has 1 aromatic carbocycles. The van der Waals surface area contributed by atoms with Crippen LogP contribution in [0.3, 0.4) is 0 Å². The maximum Gasteiger partial charge on any atom is 0.243 e. The van der Waals surface area contributed by atoms with Gasteiger partial charge in [-0.1, -0.05) is 11.6 Å². The van der Waals surface area contributed by atoms with E-state index in [2.05, 4.69) is 4.72 Å². The van der Waals surface area contributed by atoms with Crippen LogP contribution < -0.4 is 10.5 Å². The zero-order chi connectivity index (χ0) is 14.8. The zero-order valence-corrected chi connectivity index (χ0v) is 12.4. The first-order chi connectivity index (χ1) is 9.38. The molecule has 1 saturated heterocycles. The molecule has 0 aromatic heterocycles. The number of aliphatic hydroxyl groups excluding tert-OH is 1. The first-order valence-corrected chi connectivity index (χ1v) is 8.02. The van der Waals surface area contributed by atoms with E-state index in [-0.39, 0.29) is 17.2 Å². The van der Waals surface area contributed by atoms with Gasteiger partial charge in [-0.15, -0.1) is 0 Å². The summed E-state index contributed by atoms with van der Waals surface area (Å²) in [6.45, 7) is 0.515. The van der Waals surface area contributed by atoms with Gasteiger partial charge in [-0.05, 0) is 31.0 Å². The van der Waals surface area contributed by atoms with Gasteiger partial charge in [0.2, 0.25) is 10.0 Å². The summed E-state index contributed by atoms with van der Waals surface area (Å²) in [5.41, 5.74) is 4.88. The molecule has 0 bridgehead atoms. The summed E-state index contributed by atoms with van der Waals surface area (Å²) in [6.07, 6.45) is 0.826. The van der Waals surface area contributed by atoms with Crippen molar-refractivity contribution in [1.29, 1.82) is 0 Å². The van der Waals surface area contributed by atoms with Gasteiger partial charge in [0, 0.05) is 18.2 Å². The highest BCUT2D eigenvalue weighted by atomic mass is 35.5. The largest absolute Gasteiger partial charge is 0.398 e. The van der Waals surface area contributed by atoms with Crippen LogP contribution in [0.15, 0.2) is 23.1 Å². The molecule has 0 aliphatic carbocycles. The minimum absolute atomic E-state index is 0.0405. The summed E-state index contributed by atoms with van der Waals surface area (Å²) < 4.78 is 32.6. The number of anilines is 1. The molecule has 0 saturated carbocycles. The molecule has 8 heteroatoms. The maximum absolute atomic E-state index is 12.4. The predicted octanol–water partition coefficient (Wildman–Crippen LogP) is 0.742. The fourth-order valence-electron chi connectivity index (χ4n) is 2.16. The molecule has 1 aliphatic heterocycles. The average molecular weight is 321 g/mol. The van der Waals surface area contributed by atoms with Crippen LogP contribution in [0.25, 0.3) is 0 Å². The summed E-state index contributed by atoms with van der Waals surface area (Å²) in [6, 6.07) is 4.19. The molecule has 20 heavy (non-hydrogen) atoms. The van der Waals surface area contributed by atoms with E-state index in [0.717, 1.165) is 0 Å². The highest BCUT2D eigenvalue weighted by Crippen LogP contribution is 2.27. The molecule has 0 radical (unpaired) electrons. The van der Waals surface area contributed by atoms with Gasteiger partial charge in [0.05, 0.1) is 17.8 Å². The van der Waals surface area contributed by atoms with Crippen molar-refractivity contribution in [2.75, 3.05) is 25.6 Å². The van der Waals surface area contributed by atoms with Crippen LogP contribution in [-0.2, 0) is 14.8 Å². The number of nitrogens with one attached hydrogen (secondary N) is 1. The third-order valence-electron chi connectivity index (χ3n) is 3.36. The van der Waals surface area contributed by atoms with E-state index < -0.39 is 15.6 Å². The normalized spacial score (nSPS) is 18.9. The van der Waals surface area contributed by atoms with Gasteiger partial charge in [0.15, 0.2) is 0 Å². The van der Waals surface area contributed by atoms with E-state index in [1.165, 1.54) is 18.2 Å². The van der Waals surface area contributed by atoms with Crippen molar-refractivity contribution in [3.63, 3.8) is 0 Å². The lowest BCUT2D eigenvalue weighted by Gasteiger charge is -2.35. The number of hydrogen-bond donors (Lipinski definition) is 3. The summed E-state index contributed by atoms with van der Waals surface area (Å²) in [4.78, 5) is -0.0405. The quantitative estimate of drug-likeness (QED) is 0.710. The predicted molar refractivity (Wildman–Crippen MR) is 76.1 cm³/mol. The van der Waals surface area contributed by atoms with Gasteiger partial charge >= 0.3 is 0 Å². The lowest BCUT2D eigenvalue weighted by atomic mass is 9.93. The average Bonchev–Trinajstić information content (AvgIpc) is 2.38. The number of benzene rings is 1. The first kappa shape index (κ1) is 15.5. The lowest BCUT2D eigenvalue weighted by Crippen LogP contribution is -2.54. The third kappa shape index (κ3) is 3.24. The van der Waals surface area contributed by atoms with E-state index >= 15 is 0 Å². The number of nitrogen functional groups attached to an aromatic ring is 1. The van der Waals surface area contributed by atoms with Gasteiger partial charge in [-0.25, -0.2) is 13.1 Å². The van der Waals surface area contributed by atoms with Gasteiger partial charge < -0.3 is 15.6 Å². The molecular weight excluding hydrogens is 304 g/mol. The van der Waals surface area contributed by atoms with E-state index in [1.54, 1.807) is 0 Å². The summed E-state index contributed by atoms with van der Waals surface area (Å²) in [5.74, 6) is 0. The van der Waals surface area contributed by atoms with Crippen LogP contribution in [-0.4, -0.2) is 38.9 Å². The molecule has 112 valence electrons. The standard InChI is InChI=1S/C12H17ClN2O4S/c13-9-1-2-11(10(14)7-9)20(17,18)15-12(8-16)3-5-19-6-4-12/h1-2,7,15-16H,3-6,8,14H2. The Morgan fingerprint density at radius 1 is 1.40 bits per heavy atom. The summed E-state index contributed by atoms with van der Waals surface area (Å²) in [5, 5.41) is 9.90. The fraction of sp³-hybridized carbons (Fsp3) is 0.500. The molecule has 2 rings (SSSR count). The molecule has 1 heterocycles. The molecule has 0 unspecified atom stereocenters. The second-order valence-corrected chi connectivity index (χ2v) is 6.93. The Labute approximate surface area is 122 Å². The molecule has 1 aromatic rings. The van der Waals surface area contributed by atoms with Crippen molar-refractivity contribution >= 4 is 27.3 Å². The Balaban J connectivity index is 2.30. The monoisotopic (exact) mass is 320 g/mol. The third-order valence-corrected chi connectivity index (χ3v) is 5.25. The van der Waals surface area contributed by atoms with Crippen molar-refractivity contribution in [1.82, 2.24) is 4.72 Å². The molecular formula is C12H17ClN2O4S. The van der Waals surface area contributed by atoms with Gasteiger partial charge in [-0.2, -0.15) is 0 Å². The van der Waals surface area contributed by atoms with Crippen LogP contribution in [0.1, 0.15) is 12.8 Å². The Kier molecular flexibility index (Phi) is 4.55. The number of aliphatic hydroxyl groups is 1. The van der Waals surface area contributed by atoms with Crippen molar-refractivity contribution in [2.45, 2.75) is 23.3 Å². The Hall–Kier alpha value is -0.860. The van der Waals surface area contributed by atoms with Crippen molar-refractivity contribution < 1.29 is 18.3 Å². The molecule has 4 N–H and O–H groups in total. The Bertz CT molecular complexity index is 585. The van der Waals surface area contributed by atoms with Gasteiger partial charge in [-0.3, -0.25) is 0 Å². The number of halogens is 1. The van der Waals surface area contributed by atoms with Crippen LogP contribution in [0.2, 0.25) is 5.02 Å². The van der Waals surface area contributed by atoms with Crippen molar-refractivity contribution in [3.8, 4) is 0 Å². The van der Waals surface area contributed by atoms with Crippen molar-refractivity contribution in [2.24, 2.45) is 0 Å². The summed E-state index contributed by atoms with van der Waals surface area (Å²) >= 11 is 5.76. The number of nitrogens with two attached hydrogens (primary N) is 1. The van der Waals surface area contributed by atoms with E-state index in [4.69, 9.17) is 22.1 Å². The van der Waals surface area contributed by atoms with Crippen LogP contribution in [0, 0.1) is 0 Å². The smallest absolute Gasteiger partial charge is 0.243 e. The van der Waals surface area contributed by atoms with Gasteiger partial charge in [0.1, 0.15) is 4.90 Å². The fourth-order valence-corrected chi connectivity index (χ4v) is 3.90. The second kappa shape index (κ2) is 5.87. The van der Waals surface area contributed by atoms with E-state index in [0.29, 0.717) is 31.1 Å². The second-order valence-electron chi connectivity index (χ2n) is 4.84. The highest BCUT2D eigenvalue weighted by Gasteiger charge is 2.37. The zero-order valence-electron chi connectivity index (χ0n) is 10.8. The molecule has 0 atom stereocenters. The Morgan fingerprint density at radius 2 is 2.05 bits per heavy atom. The molecule has 1 fully saturated rings. The van der Waals surface area contributed by atoms with Crippen LogP contribution in [0.4, 0.5) is 5.69 Å². The lowest BCUT2D eigenvalue weighted by molar-refractivity contribution is 0.0223. The molecule has 1 aliphatic rings. The van der Waals surface area contributed by atoms with E-state index in [1.807, 2.05) is 0 Å². The van der Waals surface area contributed by atoms with Crippen molar-refractivity contribution in [3.05, 3.63) is 23.2 Å². The summed E-state index contributed by atoms with van der Waals surface area (Å²) in [7, 11) is -3.83. The number of hydrogen-bond acceptors (Lipinski definition) is 5. The molecule has 0 spiro atoms. The van der Waals surface area contributed by atoms with Crippen LogP contribution in [0.5, 0.6) is 0 Å². The van der Waals surface area contributed by atoms with Gasteiger partial charge in [0.25, 0.3) is 0 Å². The Morgan fingerprint density at radius 3 is 2.60 bits per heavy atom. The highest BCUT2D eigenvalue weighted by molar-refractivity contribution is 7.89. The maximum atomic E-state index is 12.4. The minimum Gasteiger partial charge on any atom is -0.398 e. The molecule has 0 amide bonds.